The molecule has 1 saturated carbocycles. The van der Waals surface area contributed by atoms with Crippen molar-refractivity contribution in [2.75, 3.05) is 63.1 Å². The number of hydrogen-bond donors (Lipinski definition) is 3. The van der Waals surface area contributed by atoms with Gasteiger partial charge in [0.1, 0.15) is 29.5 Å². The van der Waals surface area contributed by atoms with Gasteiger partial charge in [0.05, 0.1) is 34.4 Å². The fourth-order valence-electron chi connectivity index (χ4n) is 8.90. The normalized spacial score (nSPS) is 18.5. The number of carbonyl (C=O) groups excluding carboxylic acids is 2. The first-order valence-electron chi connectivity index (χ1n) is 21.4. The predicted octanol–water partition coefficient (Wildman–Crippen LogP) is 7.45. The lowest BCUT2D eigenvalue weighted by Gasteiger charge is -2.44. The van der Waals surface area contributed by atoms with Crippen LogP contribution in [0.3, 0.4) is 0 Å². The van der Waals surface area contributed by atoms with Crippen molar-refractivity contribution in [1.29, 1.82) is 5.26 Å². The topological polar surface area (TPSA) is 174 Å². The van der Waals surface area contributed by atoms with Gasteiger partial charge in [-0.05, 0) is 106 Å². The Labute approximate surface area is 370 Å². The summed E-state index contributed by atoms with van der Waals surface area (Å²) >= 11 is 1.18. The van der Waals surface area contributed by atoms with Crippen LogP contribution in [0, 0.1) is 23.0 Å². The van der Waals surface area contributed by atoms with Gasteiger partial charge in [0, 0.05) is 95.3 Å². The lowest BCUT2D eigenvalue weighted by Crippen LogP contribution is -2.48. The van der Waals surface area contributed by atoms with Gasteiger partial charge in [-0.25, -0.2) is 17.9 Å². The molecule has 0 unspecified atom stereocenters. The van der Waals surface area contributed by atoms with Gasteiger partial charge in [-0.2, -0.15) is 10.4 Å². The monoisotopic (exact) mass is 884 g/mol. The lowest BCUT2D eigenvalue weighted by molar-refractivity contribution is -0.107. The molecular weight excluding hydrogens is 831 g/mol. The smallest absolute Gasteiger partial charge is 0.322 e. The Morgan fingerprint density at radius 2 is 1.83 bits per heavy atom. The number of benzene rings is 3. The van der Waals surface area contributed by atoms with Crippen LogP contribution in [0.4, 0.5) is 25.1 Å². The molecule has 63 heavy (non-hydrogen) atoms. The van der Waals surface area contributed by atoms with Gasteiger partial charge in [0.2, 0.25) is 0 Å². The van der Waals surface area contributed by atoms with Crippen LogP contribution < -0.4 is 19.7 Å². The molecule has 0 bridgehead atoms. The number of likely N-dealkylation sites (N-methyl/N-ethyl adjacent to an activating group) is 1. The summed E-state index contributed by atoms with van der Waals surface area (Å²) in [6, 6.07) is 13.3. The number of fused-ring (bicyclic) bond motifs is 2. The van der Waals surface area contributed by atoms with Crippen molar-refractivity contribution in [3.05, 3.63) is 77.6 Å². The fraction of sp³-hybridized carbons (Fsp3) is 0.467. The Morgan fingerprint density at radius 3 is 2.51 bits per heavy atom. The van der Waals surface area contributed by atoms with E-state index in [4.69, 9.17) is 14.6 Å². The van der Waals surface area contributed by atoms with Gasteiger partial charge >= 0.3 is 6.03 Å². The van der Waals surface area contributed by atoms with E-state index in [9.17, 15) is 19.2 Å². The molecule has 1 spiro atoms. The fourth-order valence-corrected chi connectivity index (χ4v) is 9.49. The highest BCUT2D eigenvalue weighted by Gasteiger charge is 2.40. The Balaban J connectivity index is 0.000000197. The van der Waals surface area contributed by atoms with Crippen LogP contribution in [-0.4, -0.2) is 112 Å². The minimum absolute atomic E-state index is 0.00107. The maximum Gasteiger partial charge on any atom is 0.322 e. The third-order valence-electron chi connectivity index (χ3n) is 12.3. The van der Waals surface area contributed by atoms with E-state index < -0.39 is 5.82 Å². The van der Waals surface area contributed by atoms with Gasteiger partial charge in [-0.15, -0.1) is 0 Å². The zero-order chi connectivity index (χ0) is 44.5. The molecular formula is C45H54F2N10O5S. The molecule has 0 radical (unpaired) electrons. The standard InChI is InChI=1S/C27H38FN5O3.C18H16FN5O2S/c1-29-26(35)33(12-4-15-34)25-22-17-23(28)21(18-24(22)31(2)30-25)19-5-7-20(8-6-19)32-13-10-27(11-14-32)9-3-16-36-27;1-24(8-9-25)27-23-15-5-3-14(19)18(13(15)11-20)26-12-2-4-16-17(10-12)22-7-6-21-16/h15,17-20H,3-14,16H2,1-2H3,(H,29,35);2-7,10,23,25H,8-9H2,1H3. The Hall–Kier alpha value is -5.45. The number of aliphatic hydroxyl groups is 1. The van der Waals surface area contributed by atoms with Crippen LogP contribution >= 0.6 is 12.1 Å². The van der Waals surface area contributed by atoms with E-state index in [1.807, 2.05) is 19.2 Å². The van der Waals surface area contributed by atoms with Crippen LogP contribution in [0.15, 0.2) is 54.9 Å². The number of urea groups is 1. The first kappa shape index (κ1) is 45.6. The molecule has 4 heterocycles. The number of rotatable bonds is 13. The summed E-state index contributed by atoms with van der Waals surface area (Å²) in [7, 11) is 5.11. The summed E-state index contributed by atoms with van der Waals surface area (Å²) < 4.78 is 48.0. The molecule has 3 aromatic carbocycles. The Bertz CT molecular complexity index is 2430. The van der Waals surface area contributed by atoms with Gasteiger partial charge in [0.15, 0.2) is 17.4 Å². The molecule has 3 aliphatic rings. The molecule has 5 aromatic rings. The van der Waals surface area contributed by atoms with Crippen molar-refractivity contribution in [3.63, 3.8) is 0 Å². The molecule has 2 aliphatic heterocycles. The highest BCUT2D eigenvalue weighted by Crippen LogP contribution is 2.42. The van der Waals surface area contributed by atoms with E-state index in [1.54, 1.807) is 46.6 Å². The predicted molar refractivity (Wildman–Crippen MR) is 239 cm³/mol. The second-order valence-electron chi connectivity index (χ2n) is 16.2. The van der Waals surface area contributed by atoms with Crippen LogP contribution in [0.1, 0.15) is 74.8 Å². The number of amides is 2. The quantitative estimate of drug-likeness (QED) is 0.0787. The number of likely N-dealkylation sites (tertiary alicyclic amines) is 1. The molecule has 1 aliphatic carbocycles. The maximum atomic E-state index is 15.5. The van der Waals surface area contributed by atoms with Crippen molar-refractivity contribution in [1.82, 2.24) is 34.3 Å². The van der Waals surface area contributed by atoms with Crippen LogP contribution in [0.25, 0.3) is 21.9 Å². The third kappa shape index (κ3) is 10.5. The van der Waals surface area contributed by atoms with Crippen LogP contribution in [0.5, 0.6) is 11.5 Å². The van der Waals surface area contributed by atoms with E-state index in [-0.39, 0.29) is 54.3 Å². The van der Waals surface area contributed by atoms with Crippen molar-refractivity contribution in [3.8, 4) is 17.6 Å². The molecule has 8 rings (SSSR count). The van der Waals surface area contributed by atoms with E-state index in [1.165, 1.54) is 55.1 Å². The molecule has 2 amide bonds. The van der Waals surface area contributed by atoms with E-state index >= 15 is 4.39 Å². The number of ether oxygens (including phenoxy) is 2. The molecule has 18 heteroatoms. The molecule has 0 atom stereocenters. The largest absolute Gasteiger partial charge is 0.453 e. The summed E-state index contributed by atoms with van der Waals surface area (Å²) in [5, 5.41) is 26.2. The molecule has 3 fully saturated rings. The Kier molecular flexibility index (Phi) is 15.1. The number of nitrogens with zero attached hydrogens (tertiary/aromatic N) is 8. The second-order valence-corrected chi connectivity index (χ2v) is 17.2. The number of carbonyl (C=O) groups is 2. The number of nitrogens with one attached hydrogen (secondary N) is 2. The van der Waals surface area contributed by atoms with Crippen molar-refractivity contribution in [2.45, 2.75) is 75.3 Å². The number of piperidine rings is 1. The highest BCUT2D eigenvalue weighted by atomic mass is 32.2. The molecule has 15 nitrogen and oxygen atoms in total. The number of anilines is 2. The number of aldehydes is 1. The lowest BCUT2D eigenvalue weighted by atomic mass is 9.79. The van der Waals surface area contributed by atoms with Crippen molar-refractivity contribution in [2.24, 2.45) is 7.05 Å². The van der Waals surface area contributed by atoms with E-state index in [0.717, 1.165) is 75.6 Å². The van der Waals surface area contributed by atoms with Gasteiger partial charge in [-0.3, -0.25) is 19.5 Å². The first-order valence-corrected chi connectivity index (χ1v) is 22.2. The average Bonchev–Trinajstić information content (AvgIpc) is 3.89. The summed E-state index contributed by atoms with van der Waals surface area (Å²) in [6.07, 6.45) is 12.9. The van der Waals surface area contributed by atoms with Gasteiger partial charge in [0.25, 0.3) is 0 Å². The minimum atomic E-state index is -0.648. The number of hydrogen-bond acceptors (Lipinski definition) is 13. The number of halogens is 2. The molecule has 3 N–H and O–H groups in total. The average molecular weight is 885 g/mol. The highest BCUT2D eigenvalue weighted by molar-refractivity contribution is 7.98. The number of aryl methyl sites for hydroxylation is 1. The van der Waals surface area contributed by atoms with Crippen molar-refractivity contribution >= 4 is 57.9 Å². The first-order chi connectivity index (χ1) is 30.6. The van der Waals surface area contributed by atoms with Crippen LogP contribution in [-0.2, 0) is 16.6 Å². The summed E-state index contributed by atoms with van der Waals surface area (Å²) in [6.45, 7) is 3.76. The zero-order valence-corrected chi connectivity index (χ0v) is 36.7. The second kappa shape index (κ2) is 20.8. The number of nitriles is 1. The van der Waals surface area contributed by atoms with E-state index in [0.29, 0.717) is 46.3 Å². The number of aromatic nitrogens is 4. The summed E-state index contributed by atoms with van der Waals surface area (Å²) in [5.41, 5.74) is 3.42. The minimum Gasteiger partial charge on any atom is -0.453 e. The maximum absolute atomic E-state index is 15.5. The Morgan fingerprint density at radius 1 is 1.06 bits per heavy atom. The third-order valence-corrected chi connectivity index (χ3v) is 13.1. The molecule has 334 valence electrons. The molecule has 2 saturated heterocycles. The molecule has 2 aromatic heterocycles. The zero-order valence-electron chi connectivity index (χ0n) is 35.9. The van der Waals surface area contributed by atoms with Crippen molar-refractivity contribution < 1.29 is 33.0 Å². The van der Waals surface area contributed by atoms with Gasteiger partial charge in [-0.1, -0.05) is 0 Å². The summed E-state index contributed by atoms with van der Waals surface area (Å²) in [5.74, 6) is -0.159. The van der Waals surface area contributed by atoms with Gasteiger partial charge < -0.3 is 34.3 Å². The van der Waals surface area contributed by atoms with E-state index in [2.05, 4.69) is 30.0 Å². The summed E-state index contributed by atoms with van der Waals surface area (Å²) in [4.78, 5) is 35.8. The SMILES string of the molecule is CN(CCO)SNc1ccc(F)c(Oc2ccc3nccnc3c2)c1C#N.CNC(=O)N(CCC=O)c1nn(C)c2cc(C3CCC(N4CCC5(CCCO5)CC4)CC3)c(F)cc12. The number of aliphatic hydroxyl groups excluding tert-OH is 1. The van der Waals surface area contributed by atoms with Crippen LogP contribution in [0.2, 0.25) is 0 Å².